The molecule has 0 spiro atoms. The molecule has 0 aromatic heterocycles. The molecule has 3 N–H and O–H groups in total. The number of nitrogens with one attached hydrogen (secondary N) is 3. The first-order chi connectivity index (χ1) is 10.9. The molecule has 5 heteroatoms. The summed E-state index contributed by atoms with van der Waals surface area (Å²) >= 11 is 5.08. The summed E-state index contributed by atoms with van der Waals surface area (Å²) in [6, 6.07) is 8.16. The van der Waals surface area contributed by atoms with E-state index in [4.69, 9.17) is 12.2 Å². The molecule has 0 unspecified atom stereocenters. The molecule has 126 valence electrons. The number of amides is 1. The van der Waals surface area contributed by atoms with Crippen molar-refractivity contribution in [3.8, 4) is 0 Å². The van der Waals surface area contributed by atoms with Gasteiger partial charge in [-0.15, -0.1) is 0 Å². The second kappa shape index (κ2) is 10.0. The van der Waals surface area contributed by atoms with Crippen molar-refractivity contribution in [1.82, 2.24) is 16.2 Å². The van der Waals surface area contributed by atoms with Crippen molar-refractivity contribution in [1.29, 1.82) is 0 Å². The van der Waals surface area contributed by atoms with E-state index < -0.39 is 0 Å². The maximum absolute atomic E-state index is 11.7. The van der Waals surface area contributed by atoms with Crippen molar-refractivity contribution >= 4 is 29.3 Å². The van der Waals surface area contributed by atoms with E-state index in [1.165, 1.54) is 11.6 Å². The number of hydrazine groups is 1. The van der Waals surface area contributed by atoms with Gasteiger partial charge in [-0.05, 0) is 47.7 Å². The zero-order valence-corrected chi connectivity index (χ0v) is 15.2. The van der Waals surface area contributed by atoms with Crippen LogP contribution < -0.4 is 16.2 Å². The normalized spacial score (nSPS) is 11.0. The largest absolute Gasteiger partial charge is 0.361 e. The Kier molecular flexibility index (Phi) is 8.33. The lowest BCUT2D eigenvalue weighted by molar-refractivity contribution is -0.116. The van der Waals surface area contributed by atoms with E-state index in [1.54, 1.807) is 6.08 Å². The van der Waals surface area contributed by atoms with Crippen LogP contribution in [-0.4, -0.2) is 17.6 Å². The monoisotopic (exact) mass is 333 g/mol. The second-order valence-corrected chi connectivity index (χ2v) is 6.62. The van der Waals surface area contributed by atoms with Crippen molar-refractivity contribution in [2.45, 2.75) is 40.0 Å². The third-order valence-electron chi connectivity index (χ3n) is 3.34. The fourth-order valence-electron chi connectivity index (χ4n) is 1.84. The lowest BCUT2D eigenvalue weighted by atomic mass is 10.0. The minimum atomic E-state index is -0.244. The minimum absolute atomic E-state index is 0.244. The first kappa shape index (κ1) is 19.2. The van der Waals surface area contributed by atoms with Crippen molar-refractivity contribution < 1.29 is 4.79 Å². The standard InChI is InChI=1S/C18H27N3OS/c1-13(2)11-12-19-18(23)21-20-17(22)10-7-15-5-8-16(9-6-15)14(3)4/h5-10,13-14H,11-12H2,1-4H3,(H,20,22)(H2,19,21,23)/b10-7+. The summed E-state index contributed by atoms with van der Waals surface area (Å²) in [5.41, 5.74) is 7.50. The van der Waals surface area contributed by atoms with Gasteiger partial charge in [-0.25, -0.2) is 0 Å². The molecule has 1 amide bonds. The summed E-state index contributed by atoms with van der Waals surface area (Å²) in [5, 5.41) is 3.47. The van der Waals surface area contributed by atoms with Crippen LogP contribution in [0.15, 0.2) is 30.3 Å². The van der Waals surface area contributed by atoms with Crippen LogP contribution in [0.4, 0.5) is 0 Å². The summed E-state index contributed by atoms with van der Waals surface area (Å²) in [4.78, 5) is 11.7. The third-order valence-corrected chi connectivity index (χ3v) is 3.58. The summed E-state index contributed by atoms with van der Waals surface area (Å²) in [6.45, 7) is 9.40. The Morgan fingerprint density at radius 3 is 2.35 bits per heavy atom. The van der Waals surface area contributed by atoms with E-state index in [2.05, 4.69) is 56.0 Å². The summed E-state index contributed by atoms with van der Waals surface area (Å²) in [6.07, 6.45) is 4.28. The maximum Gasteiger partial charge on any atom is 0.262 e. The molecule has 0 fully saturated rings. The molecular weight excluding hydrogens is 306 g/mol. The lowest BCUT2D eigenvalue weighted by Crippen LogP contribution is -2.46. The Balaban J connectivity index is 2.34. The Morgan fingerprint density at radius 1 is 1.13 bits per heavy atom. The van der Waals surface area contributed by atoms with E-state index in [1.807, 2.05) is 12.1 Å². The van der Waals surface area contributed by atoms with Gasteiger partial charge in [0.25, 0.3) is 5.91 Å². The van der Waals surface area contributed by atoms with Crippen LogP contribution >= 0.6 is 12.2 Å². The topological polar surface area (TPSA) is 53.2 Å². The molecule has 0 aliphatic carbocycles. The number of carbonyl (C=O) groups excluding carboxylic acids is 1. The SMILES string of the molecule is CC(C)CCNC(=S)NNC(=O)/C=C/c1ccc(C(C)C)cc1. The molecule has 0 aliphatic heterocycles. The number of hydrogen-bond donors (Lipinski definition) is 3. The first-order valence-electron chi connectivity index (χ1n) is 8.00. The second-order valence-electron chi connectivity index (χ2n) is 6.21. The average Bonchev–Trinajstić information content (AvgIpc) is 2.51. The quantitative estimate of drug-likeness (QED) is 0.424. The van der Waals surface area contributed by atoms with Crippen LogP contribution in [0.3, 0.4) is 0 Å². The summed E-state index contributed by atoms with van der Waals surface area (Å²) < 4.78 is 0. The van der Waals surface area contributed by atoms with Gasteiger partial charge in [0.05, 0.1) is 0 Å². The highest BCUT2D eigenvalue weighted by Gasteiger charge is 2.00. The molecule has 0 heterocycles. The molecule has 1 aromatic rings. The number of hydrogen-bond acceptors (Lipinski definition) is 2. The maximum atomic E-state index is 11.7. The Labute approximate surface area is 144 Å². The number of rotatable bonds is 6. The zero-order chi connectivity index (χ0) is 17.2. The molecule has 0 saturated heterocycles. The highest BCUT2D eigenvalue weighted by atomic mass is 32.1. The van der Waals surface area contributed by atoms with Crippen LogP contribution in [0.1, 0.15) is 51.2 Å². The Morgan fingerprint density at radius 2 is 1.78 bits per heavy atom. The fraction of sp³-hybridized carbons (Fsp3) is 0.444. The molecule has 0 saturated carbocycles. The number of benzene rings is 1. The molecule has 0 aliphatic rings. The van der Waals surface area contributed by atoms with Gasteiger partial charge in [0.15, 0.2) is 5.11 Å². The fourth-order valence-corrected chi connectivity index (χ4v) is 2.00. The lowest BCUT2D eigenvalue weighted by Gasteiger charge is -2.11. The van der Waals surface area contributed by atoms with Crippen molar-refractivity contribution in [2.24, 2.45) is 5.92 Å². The van der Waals surface area contributed by atoms with Gasteiger partial charge in [0, 0.05) is 12.6 Å². The van der Waals surface area contributed by atoms with Gasteiger partial charge in [-0.1, -0.05) is 52.0 Å². The van der Waals surface area contributed by atoms with Crippen LogP contribution in [0, 0.1) is 5.92 Å². The van der Waals surface area contributed by atoms with Gasteiger partial charge in [0.1, 0.15) is 0 Å². The van der Waals surface area contributed by atoms with Gasteiger partial charge >= 0.3 is 0 Å². The van der Waals surface area contributed by atoms with Gasteiger partial charge in [-0.3, -0.25) is 15.6 Å². The average molecular weight is 334 g/mol. The van der Waals surface area contributed by atoms with Gasteiger partial charge in [-0.2, -0.15) is 0 Å². The smallest absolute Gasteiger partial charge is 0.262 e. The molecule has 4 nitrogen and oxygen atoms in total. The minimum Gasteiger partial charge on any atom is -0.361 e. The number of carbonyl (C=O) groups is 1. The Hall–Kier alpha value is -1.88. The van der Waals surface area contributed by atoms with Crippen molar-refractivity contribution in [3.05, 3.63) is 41.5 Å². The van der Waals surface area contributed by atoms with Crippen LogP contribution in [0.2, 0.25) is 0 Å². The van der Waals surface area contributed by atoms with Crippen LogP contribution in [0.25, 0.3) is 6.08 Å². The highest BCUT2D eigenvalue weighted by molar-refractivity contribution is 7.80. The number of thiocarbonyl (C=S) groups is 1. The third kappa shape index (κ3) is 8.35. The predicted molar refractivity (Wildman–Crippen MR) is 101 cm³/mol. The first-order valence-corrected chi connectivity index (χ1v) is 8.41. The van der Waals surface area contributed by atoms with Crippen molar-refractivity contribution in [2.75, 3.05) is 6.54 Å². The molecule has 0 bridgehead atoms. The molecule has 0 radical (unpaired) electrons. The highest BCUT2D eigenvalue weighted by Crippen LogP contribution is 2.15. The van der Waals surface area contributed by atoms with Gasteiger partial charge in [0.2, 0.25) is 0 Å². The van der Waals surface area contributed by atoms with Crippen LogP contribution in [-0.2, 0) is 4.79 Å². The molecule has 1 aromatic carbocycles. The molecule has 23 heavy (non-hydrogen) atoms. The summed E-state index contributed by atoms with van der Waals surface area (Å²) in [7, 11) is 0. The summed E-state index contributed by atoms with van der Waals surface area (Å²) in [5.74, 6) is 0.876. The molecule has 1 rings (SSSR count). The molecular formula is C18H27N3OS. The predicted octanol–water partition coefficient (Wildman–Crippen LogP) is 3.36. The molecule has 0 atom stereocenters. The zero-order valence-electron chi connectivity index (χ0n) is 14.3. The van der Waals surface area contributed by atoms with Crippen molar-refractivity contribution in [3.63, 3.8) is 0 Å². The van der Waals surface area contributed by atoms with E-state index in [9.17, 15) is 4.79 Å². The van der Waals surface area contributed by atoms with E-state index in [0.717, 1.165) is 18.5 Å². The van der Waals surface area contributed by atoms with Crippen LogP contribution in [0.5, 0.6) is 0 Å². The van der Waals surface area contributed by atoms with E-state index in [-0.39, 0.29) is 5.91 Å². The van der Waals surface area contributed by atoms with Gasteiger partial charge < -0.3 is 5.32 Å². The Bertz CT molecular complexity index is 536. The van der Waals surface area contributed by atoms with E-state index in [0.29, 0.717) is 16.9 Å². The van der Waals surface area contributed by atoms with E-state index >= 15 is 0 Å².